The number of likely N-dealkylation sites (tertiary alicyclic amines) is 1. The Labute approximate surface area is 177 Å². The van der Waals surface area contributed by atoms with E-state index >= 15 is 0 Å². The molecule has 0 aliphatic carbocycles. The van der Waals surface area contributed by atoms with Gasteiger partial charge in [0.2, 0.25) is 0 Å². The lowest BCUT2D eigenvalue weighted by Crippen LogP contribution is -2.46. The van der Waals surface area contributed by atoms with Crippen molar-refractivity contribution < 1.29 is 27.8 Å². The average Bonchev–Trinajstić information content (AvgIpc) is 2.71. The summed E-state index contributed by atoms with van der Waals surface area (Å²) < 4.78 is 43.7. The topological polar surface area (TPSA) is 49.8 Å². The highest BCUT2D eigenvalue weighted by molar-refractivity contribution is 6.31. The summed E-state index contributed by atoms with van der Waals surface area (Å²) in [7, 11) is 0. The third-order valence-corrected chi connectivity index (χ3v) is 6.22. The fourth-order valence-corrected chi connectivity index (χ4v) is 4.29. The van der Waals surface area contributed by atoms with Crippen molar-refractivity contribution in [2.75, 3.05) is 26.3 Å². The van der Waals surface area contributed by atoms with Crippen LogP contribution in [0.25, 0.3) is 0 Å². The molecule has 0 aromatic heterocycles. The van der Waals surface area contributed by atoms with Crippen LogP contribution in [0.2, 0.25) is 5.02 Å². The van der Waals surface area contributed by atoms with E-state index < -0.39 is 17.3 Å². The molecule has 8 heteroatoms. The van der Waals surface area contributed by atoms with Crippen LogP contribution in [-0.2, 0) is 16.5 Å². The lowest BCUT2D eigenvalue weighted by atomic mass is 9.88. The number of carbonyl (C=O) groups is 1. The van der Waals surface area contributed by atoms with E-state index in [1.165, 1.54) is 12.1 Å². The molecule has 0 saturated carbocycles. The van der Waals surface area contributed by atoms with E-state index in [-0.39, 0.29) is 30.1 Å². The van der Waals surface area contributed by atoms with Gasteiger partial charge in [0.1, 0.15) is 5.60 Å². The predicted molar refractivity (Wildman–Crippen MR) is 105 cm³/mol. The Kier molecular flexibility index (Phi) is 5.55. The average molecular weight is 440 g/mol. The fraction of sp³-hybridized carbons (Fsp3) is 0.409. The number of alkyl halides is 3. The quantitative estimate of drug-likeness (QED) is 0.760. The molecule has 4 nitrogen and oxygen atoms in total. The van der Waals surface area contributed by atoms with E-state index in [2.05, 4.69) is 0 Å². The van der Waals surface area contributed by atoms with Gasteiger partial charge in [0.05, 0.1) is 23.8 Å². The first kappa shape index (κ1) is 21.2. The summed E-state index contributed by atoms with van der Waals surface area (Å²) in [6.07, 6.45) is -3.16. The van der Waals surface area contributed by atoms with Crippen molar-refractivity contribution in [3.63, 3.8) is 0 Å². The lowest BCUT2D eigenvalue weighted by molar-refractivity contribution is -0.184. The number of rotatable bonds is 3. The Morgan fingerprint density at radius 2 is 1.73 bits per heavy atom. The van der Waals surface area contributed by atoms with Crippen LogP contribution in [0.15, 0.2) is 42.5 Å². The predicted octanol–water partition coefficient (Wildman–Crippen LogP) is 4.60. The number of hydrogen-bond donors (Lipinski definition) is 1. The van der Waals surface area contributed by atoms with E-state index in [1.54, 1.807) is 29.2 Å². The summed E-state index contributed by atoms with van der Waals surface area (Å²) in [5.41, 5.74) is 0.229. The van der Waals surface area contributed by atoms with E-state index in [1.807, 2.05) is 0 Å². The second-order valence-corrected chi connectivity index (χ2v) is 8.31. The highest BCUT2D eigenvalue weighted by Crippen LogP contribution is 2.38. The van der Waals surface area contributed by atoms with Crippen LogP contribution in [0.3, 0.4) is 0 Å². The van der Waals surface area contributed by atoms with E-state index in [0.717, 1.165) is 17.2 Å². The van der Waals surface area contributed by atoms with Gasteiger partial charge in [-0.2, -0.15) is 13.2 Å². The molecule has 2 aliphatic heterocycles. The zero-order valence-electron chi connectivity index (χ0n) is 16.1. The van der Waals surface area contributed by atoms with Crippen molar-refractivity contribution in [2.24, 2.45) is 0 Å². The molecule has 30 heavy (non-hydrogen) atoms. The van der Waals surface area contributed by atoms with Crippen LogP contribution < -0.4 is 0 Å². The van der Waals surface area contributed by atoms with Gasteiger partial charge in [-0.05, 0) is 54.2 Å². The number of aliphatic hydroxyl groups is 1. The van der Waals surface area contributed by atoms with Gasteiger partial charge in [-0.15, -0.1) is 0 Å². The fourth-order valence-electron chi connectivity index (χ4n) is 4.00. The monoisotopic (exact) mass is 439 g/mol. The molecule has 2 aromatic rings. The molecule has 0 atom stereocenters. The Bertz CT molecular complexity index is 934. The van der Waals surface area contributed by atoms with Crippen molar-refractivity contribution in [1.29, 1.82) is 0 Å². The summed E-state index contributed by atoms with van der Waals surface area (Å²) in [5, 5.41) is 9.99. The molecular formula is C22H21ClF3NO3. The Hall–Kier alpha value is -2.09. The lowest BCUT2D eigenvalue weighted by Gasteiger charge is -2.37. The molecule has 4 rings (SSSR count). The molecule has 0 bridgehead atoms. The third-order valence-electron chi connectivity index (χ3n) is 5.90. The van der Waals surface area contributed by atoms with Gasteiger partial charge in [-0.25, -0.2) is 0 Å². The zero-order chi connectivity index (χ0) is 21.5. The number of halogens is 4. The largest absolute Gasteiger partial charge is 0.417 e. The Morgan fingerprint density at radius 1 is 1.10 bits per heavy atom. The maximum absolute atomic E-state index is 12.9. The molecule has 2 fully saturated rings. The smallest absolute Gasteiger partial charge is 0.380 e. The molecule has 2 aromatic carbocycles. The number of amides is 1. The molecule has 2 aliphatic rings. The van der Waals surface area contributed by atoms with E-state index in [4.69, 9.17) is 16.3 Å². The van der Waals surface area contributed by atoms with Crippen LogP contribution in [0.1, 0.15) is 45.8 Å². The molecule has 1 N–H and O–H groups in total. The minimum Gasteiger partial charge on any atom is -0.380 e. The highest BCUT2D eigenvalue weighted by Gasteiger charge is 2.38. The molecule has 0 spiro atoms. The van der Waals surface area contributed by atoms with Crippen molar-refractivity contribution >= 4 is 17.5 Å². The summed E-state index contributed by atoms with van der Waals surface area (Å²) >= 11 is 5.84. The van der Waals surface area contributed by atoms with Crippen molar-refractivity contribution in [2.45, 2.75) is 30.5 Å². The number of piperidine rings is 1. The zero-order valence-corrected chi connectivity index (χ0v) is 16.8. The summed E-state index contributed by atoms with van der Waals surface area (Å²) in [6, 6.07) is 10.8. The molecular weight excluding hydrogens is 419 g/mol. The van der Waals surface area contributed by atoms with Crippen LogP contribution in [-0.4, -0.2) is 42.2 Å². The molecule has 2 heterocycles. The van der Waals surface area contributed by atoms with E-state index in [9.17, 15) is 23.1 Å². The van der Waals surface area contributed by atoms with Crippen molar-refractivity contribution in [3.8, 4) is 0 Å². The van der Waals surface area contributed by atoms with Gasteiger partial charge in [-0.3, -0.25) is 4.79 Å². The highest BCUT2D eigenvalue weighted by atomic mass is 35.5. The first-order valence-electron chi connectivity index (χ1n) is 9.74. The van der Waals surface area contributed by atoms with Gasteiger partial charge < -0.3 is 14.7 Å². The van der Waals surface area contributed by atoms with Gasteiger partial charge in [0.25, 0.3) is 5.91 Å². The number of carbonyl (C=O) groups excluding carboxylic acids is 1. The van der Waals surface area contributed by atoms with Crippen LogP contribution >= 0.6 is 11.6 Å². The normalized spacial score (nSPS) is 19.4. The number of ether oxygens (including phenoxy) is 1. The number of hydrogen-bond acceptors (Lipinski definition) is 3. The van der Waals surface area contributed by atoms with Crippen LogP contribution in [0.5, 0.6) is 0 Å². The first-order chi connectivity index (χ1) is 14.2. The van der Waals surface area contributed by atoms with Crippen LogP contribution in [0, 0.1) is 0 Å². The first-order valence-corrected chi connectivity index (χ1v) is 10.1. The Balaban J connectivity index is 1.38. The van der Waals surface area contributed by atoms with Gasteiger partial charge >= 0.3 is 6.18 Å². The summed E-state index contributed by atoms with van der Waals surface area (Å²) in [4.78, 5) is 14.5. The van der Waals surface area contributed by atoms with Crippen LogP contribution in [0.4, 0.5) is 13.2 Å². The van der Waals surface area contributed by atoms with Crippen molar-refractivity contribution in [1.82, 2.24) is 4.90 Å². The maximum Gasteiger partial charge on any atom is 0.417 e. The van der Waals surface area contributed by atoms with Gasteiger partial charge in [0.15, 0.2) is 0 Å². The molecule has 1 amide bonds. The summed E-state index contributed by atoms with van der Waals surface area (Å²) in [5.74, 6) is -0.0358. The number of benzene rings is 2. The van der Waals surface area contributed by atoms with Gasteiger partial charge in [0, 0.05) is 18.7 Å². The second kappa shape index (κ2) is 7.87. The molecule has 0 unspecified atom stereocenters. The van der Waals surface area contributed by atoms with E-state index in [0.29, 0.717) is 31.5 Å². The summed E-state index contributed by atoms with van der Waals surface area (Å²) in [6.45, 7) is 1.53. The SMILES string of the molecule is O=C(c1ccc(C2(O)COC2)cc1)N1CCC(c2ccc(C(F)(F)F)c(Cl)c2)CC1. The van der Waals surface area contributed by atoms with Gasteiger partial charge in [-0.1, -0.05) is 29.8 Å². The molecule has 160 valence electrons. The minimum absolute atomic E-state index is 0.0593. The second-order valence-electron chi connectivity index (χ2n) is 7.91. The Morgan fingerprint density at radius 3 is 2.23 bits per heavy atom. The maximum atomic E-state index is 12.9. The van der Waals surface area contributed by atoms with Crippen molar-refractivity contribution in [3.05, 3.63) is 69.7 Å². The third kappa shape index (κ3) is 4.06. The number of nitrogens with zero attached hydrogens (tertiary/aromatic N) is 1. The molecule has 2 saturated heterocycles. The minimum atomic E-state index is -4.47. The standard InChI is InChI=1S/C22H21ClF3NO3/c23-19-11-16(3-6-18(19)22(24,25)26)14-7-9-27(10-8-14)20(28)15-1-4-17(5-2-15)21(29)12-30-13-21/h1-6,11,14,29H,7-10,12-13H2. The molecule has 0 radical (unpaired) electrons.